The van der Waals surface area contributed by atoms with Gasteiger partial charge in [-0.2, -0.15) is 17.0 Å². The number of hydrogen-bond donors (Lipinski definition) is 0. The van der Waals surface area contributed by atoms with E-state index in [9.17, 15) is 8.42 Å². The van der Waals surface area contributed by atoms with Crippen molar-refractivity contribution >= 4 is 33.1 Å². The molecule has 7 heteroatoms. The third-order valence-corrected chi connectivity index (χ3v) is 5.94. The average Bonchev–Trinajstić information content (AvgIpc) is 2.89. The molecule has 0 spiro atoms. The van der Waals surface area contributed by atoms with E-state index in [0.717, 1.165) is 17.7 Å². The van der Waals surface area contributed by atoms with Crippen LogP contribution in [0.1, 0.15) is 17.7 Å². The van der Waals surface area contributed by atoms with Crippen molar-refractivity contribution in [1.29, 1.82) is 0 Å². The average molecular weight is 295 g/mol. The highest BCUT2D eigenvalue weighted by Gasteiger charge is 2.29. The monoisotopic (exact) mass is 294 g/mol. The lowest BCUT2D eigenvalue weighted by Crippen LogP contribution is -2.39. The van der Waals surface area contributed by atoms with E-state index in [-0.39, 0.29) is 0 Å². The molecule has 4 nitrogen and oxygen atoms in total. The Balaban J connectivity index is 2.06. The van der Waals surface area contributed by atoms with E-state index in [1.807, 2.05) is 6.07 Å². The topological polar surface area (TPSA) is 40.6 Å². The molecule has 1 fully saturated rings. The van der Waals surface area contributed by atoms with Gasteiger partial charge in [-0.15, -0.1) is 11.3 Å². The molecule has 0 amide bonds. The molecule has 2 rings (SSSR count). The summed E-state index contributed by atoms with van der Waals surface area (Å²) in [6, 6.07) is 3.65. The molecule has 0 aromatic carbocycles. The van der Waals surface area contributed by atoms with Gasteiger partial charge in [0.05, 0.1) is 4.34 Å². The predicted molar refractivity (Wildman–Crippen MR) is 70.5 cm³/mol. The first-order valence-electron chi connectivity index (χ1n) is 5.46. The number of hydrogen-bond acceptors (Lipinski definition) is 3. The number of rotatable bonds is 4. The van der Waals surface area contributed by atoms with Crippen LogP contribution in [0.2, 0.25) is 4.34 Å². The summed E-state index contributed by atoms with van der Waals surface area (Å²) in [5.74, 6) is 0. The van der Waals surface area contributed by atoms with Gasteiger partial charge in [0.25, 0.3) is 10.2 Å². The summed E-state index contributed by atoms with van der Waals surface area (Å²) in [6.07, 6.45) is 1.91. The highest BCUT2D eigenvalue weighted by Crippen LogP contribution is 2.24. The molecule has 0 N–H and O–H groups in total. The molecule has 0 saturated carbocycles. The fourth-order valence-electron chi connectivity index (χ4n) is 1.85. The van der Waals surface area contributed by atoms with Gasteiger partial charge in [-0.3, -0.25) is 0 Å². The standard InChI is InChI=1S/C10H15ClN2O2S2/c1-12(8-9-4-5-10(11)16-9)17(14,15)13-6-2-3-7-13/h4-5H,2-3,6-8H2,1H3. The van der Waals surface area contributed by atoms with Gasteiger partial charge in [0.2, 0.25) is 0 Å². The quantitative estimate of drug-likeness (QED) is 0.854. The Labute approximate surface area is 111 Å². The van der Waals surface area contributed by atoms with Crippen LogP contribution in [-0.2, 0) is 16.8 Å². The van der Waals surface area contributed by atoms with Crippen molar-refractivity contribution in [3.63, 3.8) is 0 Å². The summed E-state index contributed by atoms with van der Waals surface area (Å²) in [4.78, 5) is 0.959. The second kappa shape index (κ2) is 5.24. The summed E-state index contributed by atoms with van der Waals surface area (Å²) in [5, 5.41) is 0. The van der Waals surface area contributed by atoms with Gasteiger partial charge < -0.3 is 0 Å². The zero-order valence-corrected chi connectivity index (χ0v) is 12.0. The van der Waals surface area contributed by atoms with Crippen molar-refractivity contribution < 1.29 is 8.42 Å². The third-order valence-electron chi connectivity index (χ3n) is 2.79. The first-order chi connectivity index (χ1) is 8.00. The van der Waals surface area contributed by atoms with E-state index < -0.39 is 10.2 Å². The second-order valence-electron chi connectivity index (χ2n) is 4.08. The van der Waals surface area contributed by atoms with Crippen LogP contribution in [0, 0.1) is 0 Å². The molecule has 1 aromatic heterocycles. The lowest BCUT2D eigenvalue weighted by Gasteiger charge is -2.23. The second-order valence-corrected chi connectivity index (χ2v) is 7.91. The van der Waals surface area contributed by atoms with E-state index in [1.54, 1.807) is 17.4 Å². The number of thiophene rings is 1. The Morgan fingerprint density at radius 1 is 1.41 bits per heavy atom. The predicted octanol–water partition coefficient (Wildman–Crippen LogP) is 2.17. The summed E-state index contributed by atoms with van der Waals surface area (Å²) in [7, 11) is -1.69. The maximum Gasteiger partial charge on any atom is 0.282 e. The van der Waals surface area contributed by atoms with E-state index in [0.29, 0.717) is 24.0 Å². The van der Waals surface area contributed by atoms with Gasteiger partial charge in [0.1, 0.15) is 0 Å². The van der Waals surface area contributed by atoms with Gasteiger partial charge in [-0.05, 0) is 25.0 Å². The zero-order chi connectivity index (χ0) is 12.5. The van der Waals surface area contributed by atoms with Crippen molar-refractivity contribution in [2.45, 2.75) is 19.4 Å². The first-order valence-corrected chi connectivity index (χ1v) is 8.05. The fraction of sp³-hybridized carbons (Fsp3) is 0.600. The molecule has 1 aromatic rings. The molecular weight excluding hydrogens is 280 g/mol. The van der Waals surface area contributed by atoms with Gasteiger partial charge in [-0.25, -0.2) is 0 Å². The van der Waals surface area contributed by atoms with Crippen LogP contribution in [0.25, 0.3) is 0 Å². The number of nitrogens with zero attached hydrogens (tertiary/aromatic N) is 2. The zero-order valence-electron chi connectivity index (χ0n) is 9.60. The van der Waals surface area contributed by atoms with Gasteiger partial charge in [-0.1, -0.05) is 11.6 Å². The summed E-state index contributed by atoms with van der Waals surface area (Å²) in [5.41, 5.74) is 0. The Bertz CT molecular complexity index is 480. The smallest absolute Gasteiger partial charge is 0.195 e. The highest BCUT2D eigenvalue weighted by atomic mass is 35.5. The first kappa shape index (κ1) is 13.3. The van der Waals surface area contributed by atoms with E-state index in [2.05, 4.69) is 0 Å². The van der Waals surface area contributed by atoms with Crippen molar-refractivity contribution in [2.75, 3.05) is 20.1 Å². The molecule has 17 heavy (non-hydrogen) atoms. The molecule has 0 aliphatic carbocycles. The van der Waals surface area contributed by atoms with Gasteiger partial charge in [0.15, 0.2) is 0 Å². The van der Waals surface area contributed by atoms with Crippen LogP contribution in [0.4, 0.5) is 0 Å². The van der Waals surface area contributed by atoms with Crippen LogP contribution >= 0.6 is 22.9 Å². The third kappa shape index (κ3) is 3.00. The molecule has 2 heterocycles. The van der Waals surface area contributed by atoms with Crippen molar-refractivity contribution in [1.82, 2.24) is 8.61 Å². The van der Waals surface area contributed by atoms with E-state index >= 15 is 0 Å². The van der Waals surface area contributed by atoms with E-state index in [1.165, 1.54) is 15.6 Å². The van der Waals surface area contributed by atoms with Crippen molar-refractivity contribution in [2.24, 2.45) is 0 Å². The van der Waals surface area contributed by atoms with Crippen molar-refractivity contribution in [3.8, 4) is 0 Å². The molecule has 0 radical (unpaired) electrons. The van der Waals surface area contributed by atoms with Crippen LogP contribution < -0.4 is 0 Å². The molecule has 0 unspecified atom stereocenters. The van der Waals surface area contributed by atoms with Gasteiger partial charge >= 0.3 is 0 Å². The Morgan fingerprint density at radius 2 is 2.06 bits per heavy atom. The van der Waals surface area contributed by atoms with Crippen LogP contribution in [-0.4, -0.2) is 37.2 Å². The molecule has 1 aliphatic rings. The fourth-order valence-corrected chi connectivity index (χ4v) is 4.49. The Morgan fingerprint density at radius 3 is 2.59 bits per heavy atom. The summed E-state index contributed by atoms with van der Waals surface area (Å²) in [6.45, 7) is 1.66. The van der Waals surface area contributed by atoms with Crippen LogP contribution in [0.3, 0.4) is 0 Å². The highest BCUT2D eigenvalue weighted by molar-refractivity contribution is 7.86. The minimum Gasteiger partial charge on any atom is -0.195 e. The van der Waals surface area contributed by atoms with E-state index in [4.69, 9.17) is 11.6 Å². The minimum atomic E-state index is -3.30. The minimum absolute atomic E-state index is 0.385. The lowest BCUT2D eigenvalue weighted by molar-refractivity contribution is 0.393. The molecular formula is C10H15ClN2O2S2. The van der Waals surface area contributed by atoms with Crippen molar-refractivity contribution in [3.05, 3.63) is 21.3 Å². The molecule has 96 valence electrons. The maximum atomic E-state index is 12.2. The molecule has 0 atom stereocenters. The van der Waals surface area contributed by atoms with Crippen LogP contribution in [0.5, 0.6) is 0 Å². The summed E-state index contributed by atoms with van der Waals surface area (Å²) < 4.78 is 28.0. The Kier molecular flexibility index (Phi) is 4.10. The maximum absolute atomic E-state index is 12.2. The Hall–Kier alpha value is -0.140. The lowest BCUT2D eigenvalue weighted by atomic mass is 10.4. The molecule has 1 saturated heterocycles. The summed E-state index contributed by atoms with van der Waals surface area (Å²) >= 11 is 7.24. The number of halogens is 1. The normalized spacial score (nSPS) is 18.1. The molecule has 1 aliphatic heterocycles. The van der Waals surface area contributed by atoms with Gasteiger partial charge in [0, 0.05) is 31.6 Å². The SMILES string of the molecule is CN(Cc1ccc(Cl)s1)S(=O)(=O)N1CCCC1. The van der Waals surface area contributed by atoms with Crippen LogP contribution in [0.15, 0.2) is 12.1 Å². The largest absolute Gasteiger partial charge is 0.282 e. The molecule has 0 bridgehead atoms.